The second kappa shape index (κ2) is 7.14. The van der Waals surface area contributed by atoms with Gasteiger partial charge < -0.3 is 21.0 Å². The number of oxime groups is 1. The van der Waals surface area contributed by atoms with Gasteiger partial charge in [0.1, 0.15) is 5.75 Å². The molecule has 2 rings (SSSR count). The number of rotatable bonds is 7. The predicted molar refractivity (Wildman–Crippen MR) is 79.2 cm³/mol. The van der Waals surface area contributed by atoms with E-state index < -0.39 is 0 Å². The molecule has 4 N–H and O–H groups in total. The summed E-state index contributed by atoms with van der Waals surface area (Å²) < 4.78 is 5.28. The number of ether oxygens (including phenoxy) is 1. The Morgan fingerprint density at radius 1 is 1.50 bits per heavy atom. The van der Waals surface area contributed by atoms with Crippen molar-refractivity contribution in [3.05, 3.63) is 29.3 Å². The first kappa shape index (κ1) is 14.7. The lowest BCUT2D eigenvalue weighted by molar-refractivity contribution is 0.292. The van der Waals surface area contributed by atoms with Gasteiger partial charge in [-0.1, -0.05) is 30.5 Å². The Balaban J connectivity index is 1.88. The number of methoxy groups -OCH3 is 1. The third-order valence-corrected chi connectivity index (χ3v) is 3.93. The summed E-state index contributed by atoms with van der Waals surface area (Å²) in [6.45, 7) is 1.86. The Kier molecular flexibility index (Phi) is 5.24. The maximum absolute atomic E-state index is 8.73. The van der Waals surface area contributed by atoms with Crippen molar-refractivity contribution in [1.82, 2.24) is 5.32 Å². The highest BCUT2D eigenvalue weighted by molar-refractivity contribution is 5.99. The third kappa shape index (κ3) is 3.63. The zero-order valence-corrected chi connectivity index (χ0v) is 11.9. The minimum atomic E-state index is 0.0614. The van der Waals surface area contributed by atoms with Crippen LogP contribution in [0.3, 0.4) is 0 Å². The smallest absolute Gasteiger partial charge is 0.173 e. The van der Waals surface area contributed by atoms with Gasteiger partial charge in [-0.05, 0) is 36.6 Å². The Hall–Kier alpha value is -1.75. The number of nitrogens with two attached hydrogens (primary N) is 1. The van der Waals surface area contributed by atoms with E-state index in [2.05, 4.69) is 10.5 Å². The van der Waals surface area contributed by atoms with Gasteiger partial charge in [0.2, 0.25) is 0 Å². The molecule has 0 atom stereocenters. The molecule has 0 unspecified atom stereocenters. The minimum absolute atomic E-state index is 0.0614. The van der Waals surface area contributed by atoms with E-state index >= 15 is 0 Å². The third-order valence-electron chi connectivity index (χ3n) is 3.93. The molecule has 0 amide bonds. The average molecular weight is 277 g/mol. The zero-order chi connectivity index (χ0) is 14.4. The fourth-order valence-electron chi connectivity index (χ4n) is 2.43. The summed E-state index contributed by atoms with van der Waals surface area (Å²) in [5, 5.41) is 15.2. The van der Waals surface area contributed by atoms with Crippen molar-refractivity contribution in [1.29, 1.82) is 0 Å². The van der Waals surface area contributed by atoms with E-state index in [1.807, 2.05) is 18.2 Å². The zero-order valence-electron chi connectivity index (χ0n) is 11.9. The van der Waals surface area contributed by atoms with Crippen LogP contribution in [0.2, 0.25) is 0 Å². The molecule has 0 spiro atoms. The van der Waals surface area contributed by atoms with Crippen molar-refractivity contribution in [3.8, 4) is 5.75 Å². The second-order valence-electron chi connectivity index (χ2n) is 5.28. The van der Waals surface area contributed by atoms with Gasteiger partial charge >= 0.3 is 0 Å². The maximum atomic E-state index is 8.73. The van der Waals surface area contributed by atoms with Crippen LogP contribution in [0, 0.1) is 5.92 Å². The molecule has 1 aromatic rings. The standard InChI is InChI=1S/C15H23N3O2/c1-20-14-9-12(5-6-13(14)15(16)18-19)10-17-8-7-11-3-2-4-11/h5-6,9,11,17,19H,2-4,7-8,10H2,1H3,(H2,16,18). The van der Waals surface area contributed by atoms with Crippen LogP contribution >= 0.6 is 0 Å². The van der Waals surface area contributed by atoms with Gasteiger partial charge in [0.15, 0.2) is 5.84 Å². The Bertz CT molecular complexity index is 470. The summed E-state index contributed by atoms with van der Waals surface area (Å²) in [5.41, 5.74) is 7.34. The van der Waals surface area contributed by atoms with Crippen molar-refractivity contribution in [2.45, 2.75) is 32.2 Å². The predicted octanol–water partition coefficient (Wildman–Crippen LogP) is 2.07. The molecule has 0 saturated heterocycles. The van der Waals surface area contributed by atoms with E-state index in [0.717, 1.165) is 24.6 Å². The highest BCUT2D eigenvalue weighted by Crippen LogP contribution is 2.28. The van der Waals surface area contributed by atoms with Crippen LogP contribution in [0.25, 0.3) is 0 Å². The van der Waals surface area contributed by atoms with Crippen LogP contribution in [-0.4, -0.2) is 24.7 Å². The van der Waals surface area contributed by atoms with E-state index in [0.29, 0.717) is 11.3 Å². The number of hydrogen-bond donors (Lipinski definition) is 3. The maximum Gasteiger partial charge on any atom is 0.173 e. The molecule has 5 nitrogen and oxygen atoms in total. The molecule has 0 radical (unpaired) electrons. The van der Waals surface area contributed by atoms with Crippen molar-refractivity contribution in [2.75, 3.05) is 13.7 Å². The quantitative estimate of drug-likeness (QED) is 0.234. The van der Waals surface area contributed by atoms with Crippen LogP contribution in [0.4, 0.5) is 0 Å². The van der Waals surface area contributed by atoms with Crippen molar-refractivity contribution in [3.63, 3.8) is 0 Å². The Morgan fingerprint density at radius 3 is 2.90 bits per heavy atom. The van der Waals surface area contributed by atoms with Crippen LogP contribution in [-0.2, 0) is 6.54 Å². The van der Waals surface area contributed by atoms with Crippen molar-refractivity contribution in [2.24, 2.45) is 16.8 Å². The van der Waals surface area contributed by atoms with E-state index in [1.54, 1.807) is 7.11 Å². The topological polar surface area (TPSA) is 79.9 Å². The molecule has 1 aliphatic rings. The molecular weight excluding hydrogens is 254 g/mol. The van der Waals surface area contributed by atoms with Crippen LogP contribution in [0.15, 0.2) is 23.4 Å². The molecule has 20 heavy (non-hydrogen) atoms. The average Bonchev–Trinajstić information content (AvgIpc) is 2.44. The monoisotopic (exact) mass is 277 g/mol. The molecule has 1 aliphatic carbocycles. The first-order chi connectivity index (χ1) is 9.74. The normalized spacial score (nSPS) is 15.9. The number of nitrogens with zero attached hydrogens (tertiary/aromatic N) is 1. The molecule has 1 saturated carbocycles. The molecule has 0 bridgehead atoms. The van der Waals surface area contributed by atoms with Gasteiger partial charge in [-0.25, -0.2) is 0 Å². The van der Waals surface area contributed by atoms with Gasteiger partial charge in [-0.2, -0.15) is 0 Å². The van der Waals surface area contributed by atoms with Gasteiger partial charge in [0.05, 0.1) is 12.7 Å². The molecular formula is C15H23N3O2. The Morgan fingerprint density at radius 2 is 2.30 bits per heavy atom. The first-order valence-corrected chi connectivity index (χ1v) is 7.10. The fraction of sp³-hybridized carbons (Fsp3) is 0.533. The highest BCUT2D eigenvalue weighted by Gasteiger charge is 2.16. The lowest BCUT2D eigenvalue weighted by Crippen LogP contribution is -2.21. The van der Waals surface area contributed by atoms with Crippen LogP contribution < -0.4 is 15.8 Å². The highest BCUT2D eigenvalue weighted by atomic mass is 16.5. The fourth-order valence-corrected chi connectivity index (χ4v) is 2.43. The summed E-state index contributed by atoms with van der Waals surface area (Å²) in [7, 11) is 1.58. The molecule has 1 aromatic carbocycles. The summed E-state index contributed by atoms with van der Waals surface area (Å²) >= 11 is 0. The van der Waals surface area contributed by atoms with Crippen molar-refractivity contribution < 1.29 is 9.94 Å². The minimum Gasteiger partial charge on any atom is -0.496 e. The summed E-state index contributed by atoms with van der Waals surface area (Å²) in [5.74, 6) is 1.62. The molecule has 5 heteroatoms. The van der Waals surface area contributed by atoms with Gasteiger partial charge in [-0.3, -0.25) is 0 Å². The number of nitrogens with one attached hydrogen (secondary N) is 1. The summed E-state index contributed by atoms with van der Waals surface area (Å²) in [4.78, 5) is 0. The lowest BCUT2D eigenvalue weighted by atomic mass is 9.83. The van der Waals surface area contributed by atoms with E-state index in [-0.39, 0.29) is 5.84 Å². The SMILES string of the molecule is COc1cc(CNCCC2CCC2)ccc1/C(N)=N/O. The van der Waals surface area contributed by atoms with Crippen LogP contribution in [0.1, 0.15) is 36.8 Å². The van der Waals surface area contributed by atoms with Gasteiger partial charge in [-0.15, -0.1) is 0 Å². The van der Waals surface area contributed by atoms with E-state index in [4.69, 9.17) is 15.7 Å². The number of benzene rings is 1. The Labute approximate surface area is 119 Å². The van der Waals surface area contributed by atoms with Crippen LogP contribution in [0.5, 0.6) is 5.75 Å². The van der Waals surface area contributed by atoms with Crippen molar-refractivity contribution >= 4 is 5.84 Å². The molecule has 0 aliphatic heterocycles. The number of hydrogen-bond acceptors (Lipinski definition) is 4. The second-order valence-corrected chi connectivity index (χ2v) is 5.28. The van der Waals surface area contributed by atoms with E-state index in [1.165, 1.54) is 25.7 Å². The largest absolute Gasteiger partial charge is 0.496 e. The molecule has 110 valence electrons. The summed E-state index contributed by atoms with van der Waals surface area (Å²) in [6, 6.07) is 5.70. The summed E-state index contributed by atoms with van der Waals surface area (Å²) in [6.07, 6.45) is 5.45. The lowest BCUT2D eigenvalue weighted by Gasteiger charge is -2.25. The van der Waals surface area contributed by atoms with E-state index in [9.17, 15) is 0 Å². The number of amidine groups is 1. The van der Waals surface area contributed by atoms with Gasteiger partial charge in [0, 0.05) is 6.54 Å². The van der Waals surface area contributed by atoms with Gasteiger partial charge in [0.25, 0.3) is 0 Å². The molecule has 1 fully saturated rings. The first-order valence-electron chi connectivity index (χ1n) is 7.10. The molecule has 0 aromatic heterocycles. The molecule has 0 heterocycles.